The van der Waals surface area contributed by atoms with E-state index in [1.54, 1.807) is 0 Å². The molecule has 8 heteroatoms. The number of sulfonamides is 1. The zero-order chi connectivity index (χ0) is 15.7. The highest BCUT2D eigenvalue weighted by Crippen LogP contribution is 2.38. The average Bonchev–Trinajstić information content (AvgIpc) is 2.84. The van der Waals surface area contributed by atoms with Crippen molar-refractivity contribution < 1.29 is 13.5 Å². The third-order valence-electron chi connectivity index (χ3n) is 3.94. The van der Waals surface area contributed by atoms with Gasteiger partial charge in [0, 0.05) is 23.6 Å². The maximum absolute atomic E-state index is 12.4. The van der Waals surface area contributed by atoms with E-state index in [0.29, 0.717) is 0 Å². The van der Waals surface area contributed by atoms with Crippen LogP contribution in [0.2, 0.25) is 10.0 Å². The van der Waals surface area contributed by atoms with Gasteiger partial charge in [-0.1, -0.05) is 36.0 Å². The van der Waals surface area contributed by atoms with Crippen molar-refractivity contribution in [3.8, 4) is 0 Å². The molecule has 0 atom stereocenters. The van der Waals surface area contributed by atoms with E-state index in [2.05, 4.69) is 4.72 Å². The van der Waals surface area contributed by atoms with Gasteiger partial charge >= 0.3 is 0 Å². The van der Waals surface area contributed by atoms with Crippen molar-refractivity contribution in [2.45, 2.75) is 30.6 Å². The number of aliphatic hydroxyl groups is 1. The van der Waals surface area contributed by atoms with Gasteiger partial charge in [-0.25, -0.2) is 13.1 Å². The van der Waals surface area contributed by atoms with E-state index in [4.69, 9.17) is 28.9 Å². The topological polar surface area (TPSA) is 92.4 Å². The van der Waals surface area contributed by atoms with Gasteiger partial charge in [0.05, 0.1) is 10.7 Å². The Kier molecular flexibility index (Phi) is 5.05. The summed E-state index contributed by atoms with van der Waals surface area (Å²) in [7, 11) is -3.85. The van der Waals surface area contributed by atoms with Gasteiger partial charge in [0.15, 0.2) is 0 Å². The summed E-state index contributed by atoms with van der Waals surface area (Å²) in [5, 5.41) is 9.79. The van der Waals surface area contributed by atoms with Gasteiger partial charge in [-0.15, -0.1) is 0 Å². The largest absolute Gasteiger partial charge is 0.398 e. The number of hydrogen-bond acceptors (Lipinski definition) is 4. The van der Waals surface area contributed by atoms with Gasteiger partial charge in [-0.3, -0.25) is 0 Å². The van der Waals surface area contributed by atoms with Gasteiger partial charge in [0.2, 0.25) is 10.0 Å². The van der Waals surface area contributed by atoms with Crippen LogP contribution < -0.4 is 10.5 Å². The van der Waals surface area contributed by atoms with E-state index >= 15 is 0 Å². The number of hydrogen-bond donors (Lipinski definition) is 3. The minimum atomic E-state index is -3.85. The summed E-state index contributed by atoms with van der Waals surface area (Å²) in [4.78, 5) is -0.167. The van der Waals surface area contributed by atoms with Crippen LogP contribution in [0.15, 0.2) is 17.0 Å². The molecule has 0 saturated heterocycles. The molecule has 1 aromatic rings. The van der Waals surface area contributed by atoms with E-state index in [0.717, 1.165) is 25.7 Å². The van der Waals surface area contributed by atoms with Crippen LogP contribution in [0.5, 0.6) is 0 Å². The number of anilines is 1. The first-order chi connectivity index (χ1) is 9.80. The van der Waals surface area contributed by atoms with Crippen molar-refractivity contribution in [1.82, 2.24) is 4.72 Å². The van der Waals surface area contributed by atoms with Crippen LogP contribution in [0.3, 0.4) is 0 Å². The molecule has 0 unspecified atom stereocenters. The van der Waals surface area contributed by atoms with Crippen molar-refractivity contribution in [2.75, 3.05) is 18.9 Å². The Hall–Kier alpha value is -0.530. The molecule has 1 fully saturated rings. The second kappa shape index (κ2) is 6.30. The molecule has 0 aromatic heterocycles. The van der Waals surface area contributed by atoms with Crippen molar-refractivity contribution >= 4 is 38.9 Å². The Morgan fingerprint density at radius 2 is 1.90 bits per heavy atom. The van der Waals surface area contributed by atoms with Crippen molar-refractivity contribution in [3.05, 3.63) is 22.2 Å². The first-order valence-electron chi connectivity index (χ1n) is 6.65. The maximum atomic E-state index is 12.4. The molecule has 118 valence electrons. The molecule has 21 heavy (non-hydrogen) atoms. The average molecular weight is 353 g/mol. The maximum Gasteiger partial charge on any atom is 0.244 e. The van der Waals surface area contributed by atoms with E-state index in [1.165, 1.54) is 12.1 Å². The molecule has 1 aliphatic carbocycles. The highest BCUT2D eigenvalue weighted by Gasteiger charge is 2.35. The number of nitrogen functional groups attached to an aromatic ring is 1. The summed E-state index contributed by atoms with van der Waals surface area (Å²) < 4.78 is 27.3. The zero-order valence-electron chi connectivity index (χ0n) is 11.4. The summed E-state index contributed by atoms with van der Waals surface area (Å²) in [6.45, 7) is 0.129. The van der Waals surface area contributed by atoms with Crippen LogP contribution in [0, 0.1) is 5.41 Å². The Bertz CT molecular complexity index is 605. The molecule has 0 heterocycles. The SMILES string of the molecule is Nc1cc(Cl)cc(Cl)c1S(=O)(=O)NCC1(CO)CCCC1. The lowest BCUT2D eigenvalue weighted by atomic mass is 9.88. The third kappa shape index (κ3) is 3.63. The highest BCUT2D eigenvalue weighted by molar-refractivity contribution is 7.89. The van der Waals surface area contributed by atoms with E-state index < -0.39 is 10.0 Å². The summed E-state index contributed by atoms with van der Waals surface area (Å²) in [5.41, 5.74) is 5.34. The van der Waals surface area contributed by atoms with Crippen molar-refractivity contribution in [2.24, 2.45) is 5.41 Å². The molecule has 0 aliphatic heterocycles. The fourth-order valence-corrected chi connectivity index (χ4v) is 4.84. The number of nitrogens with one attached hydrogen (secondary N) is 1. The molecule has 4 N–H and O–H groups in total. The first kappa shape index (κ1) is 16.8. The van der Waals surface area contributed by atoms with Crippen LogP contribution >= 0.6 is 23.2 Å². The number of benzene rings is 1. The molecule has 2 rings (SSSR count). The highest BCUT2D eigenvalue weighted by atomic mass is 35.5. The molecular formula is C13H18Cl2N2O3S. The minimum Gasteiger partial charge on any atom is -0.398 e. The summed E-state index contributed by atoms with van der Waals surface area (Å²) >= 11 is 11.7. The summed E-state index contributed by atoms with van der Waals surface area (Å²) in [6.07, 6.45) is 3.59. The Morgan fingerprint density at radius 1 is 1.29 bits per heavy atom. The second-order valence-corrected chi connectivity index (χ2v) is 8.04. The molecule has 0 bridgehead atoms. The molecule has 1 aliphatic rings. The van der Waals surface area contributed by atoms with E-state index in [-0.39, 0.29) is 39.2 Å². The second-order valence-electron chi connectivity index (χ2n) is 5.50. The van der Waals surface area contributed by atoms with Gasteiger partial charge in [0.25, 0.3) is 0 Å². The van der Waals surface area contributed by atoms with Gasteiger partial charge in [-0.05, 0) is 25.0 Å². The van der Waals surface area contributed by atoms with E-state index in [1.807, 2.05) is 0 Å². The molecular weight excluding hydrogens is 335 g/mol. The predicted molar refractivity (Wildman–Crippen MR) is 84.0 cm³/mol. The smallest absolute Gasteiger partial charge is 0.244 e. The fourth-order valence-electron chi connectivity index (χ4n) is 2.70. The Labute approximate surface area is 134 Å². The monoisotopic (exact) mass is 352 g/mol. The summed E-state index contributed by atoms with van der Waals surface area (Å²) in [6, 6.07) is 2.69. The van der Waals surface area contributed by atoms with E-state index in [9.17, 15) is 13.5 Å². The Balaban J connectivity index is 2.23. The minimum absolute atomic E-state index is 0.00414. The number of nitrogens with two attached hydrogens (primary N) is 1. The van der Waals surface area contributed by atoms with Gasteiger partial charge in [-0.2, -0.15) is 0 Å². The lowest BCUT2D eigenvalue weighted by Crippen LogP contribution is -2.38. The lowest BCUT2D eigenvalue weighted by Gasteiger charge is -2.26. The quantitative estimate of drug-likeness (QED) is 0.709. The van der Waals surface area contributed by atoms with Crippen molar-refractivity contribution in [3.63, 3.8) is 0 Å². The van der Waals surface area contributed by atoms with Gasteiger partial charge < -0.3 is 10.8 Å². The number of rotatable bonds is 5. The van der Waals surface area contributed by atoms with Gasteiger partial charge in [0.1, 0.15) is 4.90 Å². The third-order valence-corrected chi connectivity index (χ3v) is 6.09. The normalized spacial score (nSPS) is 18.0. The molecule has 1 aromatic carbocycles. The molecule has 0 spiro atoms. The van der Waals surface area contributed by atoms with Crippen LogP contribution in [-0.4, -0.2) is 26.7 Å². The Morgan fingerprint density at radius 3 is 2.43 bits per heavy atom. The van der Waals surface area contributed by atoms with Crippen LogP contribution in [0.1, 0.15) is 25.7 Å². The predicted octanol–water partition coefficient (Wildman–Crippen LogP) is 2.41. The summed E-state index contributed by atoms with van der Waals surface area (Å²) in [5.74, 6) is 0. The number of aliphatic hydroxyl groups excluding tert-OH is 1. The fraction of sp³-hybridized carbons (Fsp3) is 0.538. The van der Waals surface area contributed by atoms with Crippen molar-refractivity contribution in [1.29, 1.82) is 0 Å². The molecule has 0 amide bonds. The van der Waals surface area contributed by atoms with Crippen LogP contribution in [0.4, 0.5) is 5.69 Å². The van der Waals surface area contributed by atoms with Crippen LogP contribution in [0.25, 0.3) is 0 Å². The standard InChI is InChI=1S/C13H18Cl2N2O3S/c14-9-5-10(15)12(11(16)6-9)21(19,20)17-7-13(8-18)3-1-2-4-13/h5-6,17-18H,1-4,7-8,16H2. The molecule has 5 nitrogen and oxygen atoms in total. The first-order valence-corrected chi connectivity index (χ1v) is 8.89. The zero-order valence-corrected chi connectivity index (χ0v) is 13.7. The molecule has 1 saturated carbocycles. The van der Waals surface area contributed by atoms with Crippen LogP contribution in [-0.2, 0) is 10.0 Å². The molecule has 0 radical (unpaired) electrons. The lowest BCUT2D eigenvalue weighted by molar-refractivity contribution is 0.134. The number of halogens is 2.